The summed E-state index contributed by atoms with van der Waals surface area (Å²) < 4.78 is 0. The van der Waals surface area contributed by atoms with Gasteiger partial charge in [-0.05, 0) is 45.1 Å². The van der Waals surface area contributed by atoms with Crippen molar-refractivity contribution in [3.63, 3.8) is 0 Å². The fourth-order valence-corrected chi connectivity index (χ4v) is 4.42. The highest BCUT2D eigenvalue weighted by atomic mass is 16.3. The second kappa shape index (κ2) is 6.64. The molecule has 1 saturated heterocycles. The van der Waals surface area contributed by atoms with E-state index in [1.54, 1.807) is 0 Å². The summed E-state index contributed by atoms with van der Waals surface area (Å²) in [6.45, 7) is 5.68. The van der Waals surface area contributed by atoms with Gasteiger partial charge in [0.15, 0.2) is 0 Å². The third-order valence-corrected chi connectivity index (χ3v) is 5.69. The third-order valence-electron chi connectivity index (χ3n) is 5.69. The quantitative estimate of drug-likeness (QED) is 0.929. The first-order valence-corrected chi connectivity index (χ1v) is 9.04. The smallest absolute Gasteiger partial charge is 0.222 e. The third kappa shape index (κ3) is 3.77. The van der Waals surface area contributed by atoms with E-state index in [0.717, 1.165) is 45.2 Å². The molecule has 1 saturated carbocycles. The fourth-order valence-electron chi connectivity index (χ4n) is 4.42. The average molecular weight is 315 g/mol. The Balaban J connectivity index is 1.56. The first-order chi connectivity index (χ1) is 11.0. The average Bonchev–Trinajstić information content (AvgIpc) is 2.51. The Morgan fingerprint density at radius 1 is 1.22 bits per heavy atom. The van der Waals surface area contributed by atoms with E-state index in [9.17, 15) is 9.90 Å². The minimum Gasteiger partial charge on any atom is -0.389 e. The van der Waals surface area contributed by atoms with E-state index in [0.29, 0.717) is 6.42 Å². The lowest BCUT2D eigenvalue weighted by atomic mass is 9.71. The molecule has 2 fully saturated rings. The number of hydrogen-bond donors (Lipinski definition) is 1. The van der Waals surface area contributed by atoms with E-state index in [2.05, 4.69) is 32.0 Å². The predicted molar refractivity (Wildman–Crippen MR) is 92.3 cm³/mol. The molecule has 126 valence electrons. The van der Waals surface area contributed by atoms with Crippen molar-refractivity contribution in [2.45, 2.75) is 64.4 Å². The zero-order valence-corrected chi connectivity index (χ0v) is 14.5. The maximum absolute atomic E-state index is 12.6. The van der Waals surface area contributed by atoms with Crippen molar-refractivity contribution in [3.05, 3.63) is 34.9 Å². The molecular formula is C20H29NO2. The number of hydrogen-bond acceptors (Lipinski definition) is 2. The largest absolute Gasteiger partial charge is 0.389 e. The lowest BCUT2D eigenvalue weighted by Crippen LogP contribution is -2.54. The number of aliphatic hydroxyl groups is 1. The van der Waals surface area contributed by atoms with Gasteiger partial charge >= 0.3 is 0 Å². The van der Waals surface area contributed by atoms with E-state index in [1.165, 1.54) is 23.1 Å². The first-order valence-electron chi connectivity index (χ1n) is 9.04. The first kappa shape index (κ1) is 16.5. The van der Waals surface area contributed by atoms with Crippen LogP contribution in [0.5, 0.6) is 0 Å². The van der Waals surface area contributed by atoms with Gasteiger partial charge in [0.1, 0.15) is 0 Å². The molecular weight excluding hydrogens is 286 g/mol. The van der Waals surface area contributed by atoms with Gasteiger partial charge in [0.2, 0.25) is 5.91 Å². The van der Waals surface area contributed by atoms with Gasteiger partial charge in [-0.15, -0.1) is 0 Å². The molecule has 1 aromatic carbocycles. The van der Waals surface area contributed by atoms with E-state index in [4.69, 9.17) is 0 Å². The summed E-state index contributed by atoms with van der Waals surface area (Å²) in [6.07, 6.45) is 6.46. The molecule has 2 aliphatic rings. The van der Waals surface area contributed by atoms with Crippen molar-refractivity contribution < 1.29 is 9.90 Å². The van der Waals surface area contributed by atoms with Crippen LogP contribution in [-0.2, 0) is 11.2 Å². The Hall–Kier alpha value is -1.35. The summed E-state index contributed by atoms with van der Waals surface area (Å²) in [4.78, 5) is 14.6. The second-order valence-electron chi connectivity index (χ2n) is 7.63. The van der Waals surface area contributed by atoms with Crippen molar-refractivity contribution in [2.75, 3.05) is 13.1 Å². The molecule has 0 spiro atoms. The van der Waals surface area contributed by atoms with Crippen LogP contribution < -0.4 is 0 Å². The van der Waals surface area contributed by atoms with Crippen LogP contribution in [0.4, 0.5) is 0 Å². The van der Waals surface area contributed by atoms with Crippen LogP contribution in [0.25, 0.3) is 0 Å². The lowest BCUT2D eigenvalue weighted by Gasteiger charge is -2.47. The number of nitrogens with zero attached hydrogens (tertiary/aromatic N) is 1. The Morgan fingerprint density at radius 2 is 1.96 bits per heavy atom. The highest BCUT2D eigenvalue weighted by Crippen LogP contribution is 2.39. The Morgan fingerprint density at radius 3 is 2.70 bits per heavy atom. The minimum absolute atomic E-state index is 0.247. The number of carbonyl (C=O) groups excluding carboxylic acids is 1. The van der Waals surface area contributed by atoms with Crippen molar-refractivity contribution in [3.8, 4) is 0 Å². The van der Waals surface area contributed by atoms with Crippen LogP contribution in [-0.4, -0.2) is 34.6 Å². The summed E-state index contributed by atoms with van der Waals surface area (Å²) in [5, 5.41) is 10.7. The van der Waals surface area contributed by atoms with Crippen LogP contribution >= 0.6 is 0 Å². The van der Waals surface area contributed by atoms with Gasteiger partial charge in [-0.2, -0.15) is 0 Å². The Labute approximate surface area is 139 Å². The van der Waals surface area contributed by atoms with Crippen LogP contribution in [0.1, 0.15) is 55.2 Å². The molecule has 3 heteroatoms. The number of fused-ring (bicyclic) bond motifs is 1. The van der Waals surface area contributed by atoms with Crippen LogP contribution in [0.3, 0.4) is 0 Å². The number of amides is 1. The van der Waals surface area contributed by atoms with Gasteiger partial charge in [0, 0.05) is 25.4 Å². The molecule has 0 radical (unpaired) electrons. The summed E-state index contributed by atoms with van der Waals surface area (Å²) in [7, 11) is 0. The van der Waals surface area contributed by atoms with Crippen molar-refractivity contribution in [2.24, 2.45) is 5.92 Å². The number of aryl methyl sites for hydroxylation is 3. The molecule has 2 unspecified atom stereocenters. The summed E-state index contributed by atoms with van der Waals surface area (Å²) in [5.74, 6) is 0.534. The van der Waals surface area contributed by atoms with E-state index >= 15 is 0 Å². The standard InChI is InChI=1S/C20H29NO2/c1-15-11-16(2)13-17(12-15)6-7-19(22)21-10-9-20(23)8-4-3-5-18(20)14-21/h11-13,18,23H,3-10,14H2,1-2H3. The normalized spacial score (nSPS) is 27.6. The Bertz CT molecular complexity index is 563. The van der Waals surface area contributed by atoms with E-state index < -0.39 is 5.60 Å². The van der Waals surface area contributed by atoms with E-state index in [-0.39, 0.29) is 11.8 Å². The topological polar surface area (TPSA) is 40.5 Å². The van der Waals surface area contributed by atoms with Gasteiger partial charge in [-0.1, -0.05) is 42.2 Å². The van der Waals surface area contributed by atoms with Crippen LogP contribution in [0, 0.1) is 19.8 Å². The molecule has 1 aromatic rings. The number of benzene rings is 1. The number of piperidine rings is 1. The molecule has 1 N–H and O–H groups in total. The van der Waals surface area contributed by atoms with Gasteiger partial charge in [0.25, 0.3) is 0 Å². The molecule has 23 heavy (non-hydrogen) atoms. The monoisotopic (exact) mass is 315 g/mol. The predicted octanol–water partition coefficient (Wildman–Crippen LogP) is 3.39. The summed E-state index contributed by atoms with van der Waals surface area (Å²) in [5.41, 5.74) is 3.28. The highest BCUT2D eigenvalue weighted by Gasteiger charge is 2.43. The summed E-state index contributed by atoms with van der Waals surface area (Å²) in [6, 6.07) is 6.52. The zero-order chi connectivity index (χ0) is 16.4. The van der Waals surface area contributed by atoms with E-state index in [1.807, 2.05) is 4.90 Å². The van der Waals surface area contributed by atoms with Gasteiger partial charge in [-0.3, -0.25) is 4.79 Å². The van der Waals surface area contributed by atoms with Gasteiger partial charge in [-0.25, -0.2) is 0 Å². The van der Waals surface area contributed by atoms with Crippen LogP contribution in [0.2, 0.25) is 0 Å². The molecule has 1 amide bonds. The molecule has 3 rings (SSSR count). The Kier molecular flexibility index (Phi) is 4.77. The van der Waals surface area contributed by atoms with Crippen LogP contribution in [0.15, 0.2) is 18.2 Å². The maximum atomic E-state index is 12.6. The lowest BCUT2D eigenvalue weighted by molar-refractivity contribution is -0.143. The second-order valence-corrected chi connectivity index (χ2v) is 7.63. The molecule has 1 heterocycles. The number of rotatable bonds is 3. The van der Waals surface area contributed by atoms with Crippen molar-refractivity contribution in [1.29, 1.82) is 0 Å². The van der Waals surface area contributed by atoms with Gasteiger partial charge in [0.05, 0.1) is 5.60 Å². The molecule has 1 aliphatic carbocycles. The van der Waals surface area contributed by atoms with Crippen molar-refractivity contribution >= 4 is 5.91 Å². The maximum Gasteiger partial charge on any atom is 0.222 e. The molecule has 1 aliphatic heterocycles. The van der Waals surface area contributed by atoms with Crippen molar-refractivity contribution in [1.82, 2.24) is 4.90 Å². The highest BCUT2D eigenvalue weighted by molar-refractivity contribution is 5.76. The number of likely N-dealkylation sites (tertiary alicyclic amines) is 1. The molecule has 0 bridgehead atoms. The molecule has 0 aromatic heterocycles. The number of carbonyl (C=O) groups is 1. The minimum atomic E-state index is -0.497. The zero-order valence-electron chi connectivity index (χ0n) is 14.5. The SMILES string of the molecule is Cc1cc(C)cc(CCC(=O)N2CCC3(O)CCCCC3C2)c1. The molecule has 2 atom stereocenters. The molecule has 3 nitrogen and oxygen atoms in total. The fraction of sp³-hybridized carbons (Fsp3) is 0.650. The summed E-state index contributed by atoms with van der Waals surface area (Å²) >= 11 is 0. The van der Waals surface area contributed by atoms with Gasteiger partial charge < -0.3 is 10.0 Å².